The summed E-state index contributed by atoms with van der Waals surface area (Å²) in [5.41, 5.74) is 10.9. The fraction of sp³-hybridized carbons (Fsp3) is 0.647. The van der Waals surface area contributed by atoms with Gasteiger partial charge in [0.1, 0.15) is 0 Å². The second kappa shape index (κ2) is 5.64. The van der Waals surface area contributed by atoms with E-state index >= 15 is 0 Å². The van der Waals surface area contributed by atoms with Crippen LogP contribution in [0.2, 0.25) is 0 Å². The lowest BCUT2D eigenvalue weighted by atomic mass is 9.90. The number of benzene rings is 1. The van der Waals surface area contributed by atoms with E-state index in [0.717, 1.165) is 19.5 Å². The van der Waals surface area contributed by atoms with Gasteiger partial charge in [-0.3, -0.25) is 4.90 Å². The highest BCUT2D eigenvalue weighted by molar-refractivity contribution is 5.35. The Morgan fingerprint density at radius 1 is 1.26 bits per heavy atom. The molecule has 2 N–H and O–H groups in total. The Balaban J connectivity index is 1.65. The van der Waals surface area contributed by atoms with Gasteiger partial charge in [-0.1, -0.05) is 31.5 Å². The molecular weight excluding hydrogens is 232 g/mol. The standard InChI is InChI=1S/C17H26N2/c1-2-14-12-19(9-8-17(14)18)11-13-6-7-15-4-3-5-16(15)10-13/h6-7,10,14,17H,2-5,8-9,11-12,18H2,1H3. The molecule has 2 heteroatoms. The minimum absolute atomic E-state index is 0.418. The van der Waals surface area contributed by atoms with E-state index < -0.39 is 0 Å². The summed E-state index contributed by atoms with van der Waals surface area (Å²) in [6, 6.07) is 7.54. The first-order valence-electron chi connectivity index (χ1n) is 7.85. The predicted molar refractivity (Wildman–Crippen MR) is 80.1 cm³/mol. The molecule has 1 fully saturated rings. The molecule has 0 saturated carbocycles. The molecule has 2 atom stereocenters. The number of hydrogen-bond acceptors (Lipinski definition) is 2. The summed E-state index contributed by atoms with van der Waals surface area (Å²) >= 11 is 0. The molecule has 0 radical (unpaired) electrons. The number of rotatable bonds is 3. The number of aryl methyl sites for hydroxylation is 2. The van der Waals surface area contributed by atoms with Crippen LogP contribution in [0.25, 0.3) is 0 Å². The van der Waals surface area contributed by atoms with Crippen LogP contribution in [0, 0.1) is 5.92 Å². The Bertz CT molecular complexity index is 441. The molecule has 0 bridgehead atoms. The Morgan fingerprint density at radius 3 is 2.95 bits per heavy atom. The summed E-state index contributed by atoms with van der Waals surface area (Å²) < 4.78 is 0. The molecule has 0 aromatic heterocycles. The summed E-state index contributed by atoms with van der Waals surface area (Å²) in [7, 11) is 0. The van der Waals surface area contributed by atoms with Gasteiger partial charge < -0.3 is 5.73 Å². The molecule has 0 amide bonds. The summed E-state index contributed by atoms with van der Waals surface area (Å²) in [5, 5.41) is 0. The van der Waals surface area contributed by atoms with E-state index in [2.05, 4.69) is 30.0 Å². The molecule has 0 spiro atoms. The van der Waals surface area contributed by atoms with Crippen molar-refractivity contribution < 1.29 is 0 Å². The minimum Gasteiger partial charge on any atom is -0.327 e. The van der Waals surface area contributed by atoms with Gasteiger partial charge in [-0.05, 0) is 54.8 Å². The maximum absolute atomic E-state index is 6.19. The predicted octanol–water partition coefficient (Wildman–Crippen LogP) is 2.73. The van der Waals surface area contributed by atoms with E-state index in [1.165, 1.54) is 37.8 Å². The number of nitrogens with two attached hydrogens (primary N) is 1. The number of piperidine rings is 1. The van der Waals surface area contributed by atoms with Crippen molar-refractivity contribution in [3.63, 3.8) is 0 Å². The van der Waals surface area contributed by atoms with Gasteiger partial charge in [0.2, 0.25) is 0 Å². The Hall–Kier alpha value is -0.860. The van der Waals surface area contributed by atoms with E-state index in [-0.39, 0.29) is 0 Å². The van der Waals surface area contributed by atoms with Gasteiger partial charge in [0.25, 0.3) is 0 Å². The van der Waals surface area contributed by atoms with E-state index in [4.69, 9.17) is 5.73 Å². The van der Waals surface area contributed by atoms with Crippen LogP contribution in [-0.2, 0) is 19.4 Å². The molecule has 3 rings (SSSR count). The third kappa shape index (κ3) is 2.85. The van der Waals surface area contributed by atoms with Gasteiger partial charge >= 0.3 is 0 Å². The van der Waals surface area contributed by atoms with Gasteiger partial charge in [-0.15, -0.1) is 0 Å². The highest BCUT2D eigenvalue weighted by atomic mass is 15.1. The van der Waals surface area contributed by atoms with Crippen LogP contribution in [0.4, 0.5) is 0 Å². The van der Waals surface area contributed by atoms with Crippen molar-refractivity contribution >= 4 is 0 Å². The monoisotopic (exact) mass is 258 g/mol. The first-order chi connectivity index (χ1) is 9.26. The lowest BCUT2D eigenvalue weighted by Crippen LogP contribution is -2.46. The van der Waals surface area contributed by atoms with Gasteiger partial charge in [0.05, 0.1) is 0 Å². The molecule has 1 saturated heterocycles. The van der Waals surface area contributed by atoms with Crippen molar-refractivity contribution in [2.45, 2.75) is 51.6 Å². The third-order valence-corrected chi connectivity index (χ3v) is 4.97. The smallest absolute Gasteiger partial charge is 0.0233 e. The molecule has 1 aromatic carbocycles. The van der Waals surface area contributed by atoms with E-state index in [1.807, 2.05) is 0 Å². The molecule has 1 aliphatic carbocycles. The lowest BCUT2D eigenvalue weighted by molar-refractivity contribution is 0.145. The quantitative estimate of drug-likeness (QED) is 0.903. The molecule has 19 heavy (non-hydrogen) atoms. The van der Waals surface area contributed by atoms with Gasteiger partial charge in [0, 0.05) is 19.1 Å². The van der Waals surface area contributed by atoms with Crippen molar-refractivity contribution in [2.75, 3.05) is 13.1 Å². The van der Waals surface area contributed by atoms with Gasteiger partial charge in [-0.25, -0.2) is 0 Å². The molecule has 104 valence electrons. The van der Waals surface area contributed by atoms with E-state index in [0.29, 0.717) is 12.0 Å². The number of fused-ring (bicyclic) bond motifs is 1. The van der Waals surface area contributed by atoms with Crippen LogP contribution < -0.4 is 5.73 Å². The van der Waals surface area contributed by atoms with E-state index in [9.17, 15) is 0 Å². The largest absolute Gasteiger partial charge is 0.327 e. The van der Waals surface area contributed by atoms with Crippen LogP contribution in [0.15, 0.2) is 18.2 Å². The molecule has 2 nitrogen and oxygen atoms in total. The van der Waals surface area contributed by atoms with Crippen LogP contribution >= 0.6 is 0 Å². The SMILES string of the molecule is CCC1CN(Cc2ccc3c(c2)CCC3)CCC1N. The van der Waals surface area contributed by atoms with Crippen molar-refractivity contribution in [2.24, 2.45) is 11.7 Å². The summed E-state index contributed by atoms with van der Waals surface area (Å²) in [4.78, 5) is 2.59. The maximum atomic E-state index is 6.19. The molecule has 1 aliphatic heterocycles. The summed E-state index contributed by atoms with van der Waals surface area (Å²) in [6.07, 6.45) is 6.28. The number of hydrogen-bond donors (Lipinski definition) is 1. The highest BCUT2D eigenvalue weighted by Gasteiger charge is 2.25. The van der Waals surface area contributed by atoms with Crippen molar-refractivity contribution in [1.82, 2.24) is 4.90 Å². The Morgan fingerprint density at radius 2 is 2.11 bits per heavy atom. The number of likely N-dealkylation sites (tertiary alicyclic amines) is 1. The second-order valence-corrected chi connectivity index (χ2v) is 6.31. The minimum atomic E-state index is 0.418. The molecule has 1 aromatic rings. The molecule has 2 aliphatic rings. The van der Waals surface area contributed by atoms with Crippen molar-refractivity contribution in [3.05, 3.63) is 34.9 Å². The fourth-order valence-electron chi connectivity index (χ4n) is 3.68. The Kier molecular flexibility index (Phi) is 3.90. The molecule has 1 heterocycles. The highest BCUT2D eigenvalue weighted by Crippen LogP contribution is 2.25. The van der Waals surface area contributed by atoms with E-state index in [1.54, 1.807) is 11.1 Å². The van der Waals surface area contributed by atoms with Crippen molar-refractivity contribution in [1.29, 1.82) is 0 Å². The molecular formula is C17H26N2. The first-order valence-corrected chi connectivity index (χ1v) is 7.85. The third-order valence-electron chi connectivity index (χ3n) is 4.97. The lowest BCUT2D eigenvalue weighted by Gasteiger charge is -2.36. The Labute approximate surface area is 117 Å². The summed E-state index contributed by atoms with van der Waals surface area (Å²) in [5.74, 6) is 0.683. The molecule has 2 unspecified atom stereocenters. The van der Waals surface area contributed by atoms with Crippen molar-refractivity contribution in [3.8, 4) is 0 Å². The maximum Gasteiger partial charge on any atom is 0.0233 e. The van der Waals surface area contributed by atoms with Crippen LogP contribution in [0.5, 0.6) is 0 Å². The first kappa shape index (κ1) is 13.1. The van der Waals surface area contributed by atoms with Crippen LogP contribution in [0.3, 0.4) is 0 Å². The zero-order chi connectivity index (χ0) is 13.2. The zero-order valence-electron chi connectivity index (χ0n) is 12.1. The fourth-order valence-corrected chi connectivity index (χ4v) is 3.68. The summed E-state index contributed by atoms with van der Waals surface area (Å²) in [6.45, 7) is 5.71. The number of nitrogens with zero attached hydrogens (tertiary/aromatic N) is 1. The van der Waals surface area contributed by atoms with Gasteiger partial charge in [-0.2, -0.15) is 0 Å². The average molecular weight is 258 g/mol. The van der Waals surface area contributed by atoms with Crippen LogP contribution in [-0.4, -0.2) is 24.0 Å². The normalized spacial score (nSPS) is 27.5. The van der Waals surface area contributed by atoms with Crippen LogP contribution in [0.1, 0.15) is 42.9 Å². The second-order valence-electron chi connectivity index (χ2n) is 6.31. The topological polar surface area (TPSA) is 29.3 Å². The van der Waals surface area contributed by atoms with Gasteiger partial charge in [0.15, 0.2) is 0 Å². The zero-order valence-corrected chi connectivity index (χ0v) is 12.1. The average Bonchev–Trinajstić information content (AvgIpc) is 2.88.